The molecule has 0 aliphatic heterocycles. The number of hydrogen-bond donors (Lipinski definition) is 0. The van der Waals surface area contributed by atoms with Gasteiger partial charge in [0, 0.05) is 12.1 Å². The van der Waals surface area contributed by atoms with Gasteiger partial charge in [-0.3, -0.25) is 0 Å². The molecule has 1 aromatic rings. The van der Waals surface area contributed by atoms with Crippen molar-refractivity contribution < 1.29 is 8.85 Å². The predicted octanol–water partition coefficient (Wildman–Crippen LogP) is 3.72. The zero-order valence-electron chi connectivity index (χ0n) is 10.9. The molecule has 3 heteroatoms. The molecule has 0 heterocycles. The summed E-state index contributed by atoms with van der Waals surface area (Å²) in [7, 11) is -0.355. The molecule has 0 aromatic heterocycles. The molecule has 0 spiro atoms. The van der Waals surface area contributed by atoms with Crippen molar-refractivity contribution in [2.45, 2.75) is 39.0 Å². The van der Waals surface area contributed by atoms with Crippen molar-refractivity contribution in [2.75, 3.05) is 7.11 Å². The van der Waals surface area contributed by atoms with Gasteiger partial charge in [-0.1, -0.05) is 51.1 Å². The molecule has 1 aromatic carbocycles. The predicted molar refractivity (Wildman–Crippen MR) is 69.6 cm³/mol. The van der Waals surface area contributed by atoms with Crippen LogP contribution in [0.3, 0.4) is 0 Å². The van der Waals surface area contributed by atoms with Crippen LogP contribution in [0.15, 0.2) is 30.3 Å². The zero-order valence-corrected chi connectivity index (χ0v) is 11.9. The molecule has 0 saturated heterocycles. The van der Waals surface area contributed by atoms with E-state index in [1.54, 1.807) is 7.11 Å². The van der Waals surface area contributed by atoms with Crippen LogP contribution in [0.1, 0.15) is 26.3 Å². The van der Waals surface area contributed by atoms with E-state index in [9.17, 15) is 0 Å². The molecule has 16 heavy (non-hydrogen) atoms. The van der Waals surface area contributed by atoms with Crippen molar-refractivity contribution in [3.8, 4) is 0 Å². The van der Waals surface area contributed by atoms with E-state index in [1.165, 1.54) is 5.56 Å². The van der Waals surface area contributed by atoms with E-state index in [4.69, 9.17) is 8.85 Å². The summed E-state index contributed by atoms with van der Waals surface area (Å²) in [5.74, 6) is 0. The van der Waals surface area contributed by atoms with Gasteiger partial charge in [0.1, 0.15) is 0 Å². The normalized spacial score (nSPS) is 15.8. The topological polar surface area (TPSA) is 18.5 Å². The van der Waals surface area contributed by atoms with Gasteiger partial charge in [0.15, 0.2) is 0 Å². The minimum atomic E-state index is -2.11. The molecule has 0 amide bonds. The Bertz CT molecular complexity index is 318. The molecule has 0 saturated carbocycles. The van der Waals surface area contributed by atoms with Gasteiger partial charge in [-0.15, -0.1) is 0 Å². The first-order valence-electron chi connectivity index (χ1n) is 5.62. The molecular formula is C13H22O2Si. The highest BCUT2D eigenvalue weighted by Gasteiger charge is 2.43. The summed E-state index contributed by atoms with van der Waals surface area (Å²) in [5.41, 5.74) is 1.20. The Morgan fingerprint density at radius 1 is 1.12 bits per heavy atom. The molecule has 1 atom stereocenters. The number of rotatable bonds is 4. The van der Waals surface area contributed by atoms with Crippen LogP contribution in [0.25, 0.3) is 0 Å². The van der Waals surface area contributed by atoms with Crippen LogP contribution in [0.4, 0.5) is 0 Å². The standard InChI is InChI=1S/C13H22O2Si/c1-13(2,3)16(5,14-4)15-11-12-9-7-6-8-10-12/h6-10H,11H2,1-5H3. The third-order valence-corrected chi connectivity index (χ3v) is 7.31. The first kappa shape index (κ1) is 13.4. The fourth-order valence-corrected chi connectivity index (χ4v) is 2.98. The van der Waals surface area contributed by atoms with Gasteiger partial charge in [0.25, 0.3) is 0 Å². The van der Waals surface area contributed by atoms with Gasteiger partial charge < -0.3 is 8.85 Å². The molecule has 2 nitrogen and oxygen atoms in total. The van der Waals surface area contributed by atoms with Crippen molar-refractivity contribution in [3.05, 3.63) is 35.9 Å². The number of hydrogen-bond acceptors (Lipinski definition) is 2. The van der Waals surface area contributed by atoms with Crippen LogP contribution in [-0.2, 0) is 15.5 Å². The maximum absolute atomic E-state index is 6.05. The highest BCUT2D eigenvalue weighted by Crippen LogP contribution is 2.37. The van der Waals surface area contributed by atoms with E-state index in [0.29, 0.717) is 6.61 Å². The summed E-state index contributed by atoms with van der Waals surface area (Å²) in [6.45, 7) is 9.28. The van der Waals surface area contributed by atoms with Crippen LogP contribution in [0.5, 0.6) is 0 Å². The summed E-state index contributed by atoms with van der Waals surface area (Å²) in [6, 6.07) is 10.2. The summed E-state index contributed by atoms with van der Waals surface area (Å²) in [5, 5.41) is 0.0799. The van der Waals surface area contributed by atoms with Crippen LogP contribution in [0.2, 0.25) is 11.6 Å². The summed E-state index contributed by atoms with van der Waals surface area (Å²) in [4.78, 5) is 0. The second-order valence-corrected chi connectivity index (χ2v) is 9.26. The third-order valence-electron chi connectivity index (χ3n) is 3.11. The average Bonchev–Trinajstić information content (AvgIpc) is 2.26. The second-order valence-electron chi connectivity index (χ2n) is 5.17. The molecule has 0 bridgehead atoms. The molecule has 0 radical (unpaired) electrons. The molecule has 0 fully saturated rings. The Labute approximate surface area is 99.8 Å². The Balaban J connectivity index is 2.66. The van der Waals surface area contributed by atoms with E-state index >= 15 is 0 Å². The Morgan fingerprint density at radius 2 is 1.69 bits per heavy atom. The highest BCUT2D eigenvalue weighted by molar-refractivity contribution is 6.69. The lowest BCUT2D eigenvalue weighted by Crippen LogP contribution is -2.46. The molecule has 1 unspecified atom stereocenters. The van der Waals surface area contributed by atoms with Crippen molar-refractivity contribution in [2.24, 2.45) is 0 Å². The minimum Gasteiger partial charge on any atom is -0.397 e. The van der Waals surface area contributed by atoms with E-state index in [0.717, 1.165) is 0 Å². The van der Waals surface area contributed by atoms with Crippen molar-refractivity contribution in [3.63, 3.8) is 0 Å². The van der Waals surface area contributed by atoms with Crippen LogP contribution in [-0.4, -0.2) is 15.7 Å². The first-order valence-corrected chi connectivity index (χ1v) is 7.94. The van der Waals surface area contributed by atoms with Crippen molar-refractivity contribution in [1.82, 2.24) is 0 Å². The third kappa shape index (κ3) is 3.17. The van der Waals surface area contributed by atoms with Gasteiger partial charge in [-0.25, -0.2) is 0 Å². The van der Waals surface area contributed by atoms with Crippen LogP contribution < -0.4 is 0 Å². The van der Waals surface area contributed by atoms with Crippen LogP contribution in [0, 0.1) is 0 Å². The van der Waals surface area contributed by atoms with Gasteiger partial charge >= 0.3 is 8.56 Å². The van der Waals surface area contributed by atoms with E-state index in [2.05, 4.69) is 39.5 Å². The van der Waals surface area contributed by atoms with Gasteiger partial charge in [-0.05, 0) is 12.1 Å². The van der Waals surface area contributed by atoms with Gasteiger partial charge in [0.05, 0.1) is 6.61 Å². The quantitative estimate of drug-likeness (QED) is 0.744. The summed E-state index contributed by atoms with van der Waals surface area (Å²) < 4.78 is 11.7. The average molecular weight is 238 g/mol. The lowest BCUT2D eigenvalue weighted by atomic mass is 10.2. The molecule has 0 aliphatic rings. The fraction of sp³-hybridized carbons (Fsp3) is 0.538. The fourth-order valence-electron chi connectivity index (χ4n) is 1.38. The van der Waals surface area contributed by atoms with Gasteiger partial charge in [0.2, 0.25) is 0 Å². The smallest absolute Gasteiger partial charge is 0.340 e. The van der Waals surface area contributed by atoms with Gasteiger partial charge in [-0.2, -0.15) is 0 Å². The highest BCUT2D eigenvalue weighted by atomic mass is 28.4. The summed E-state index contributed by atoms with van der Waals surface area (Å²) >= 11 is 0. The van der Waals surface area contributed by atoms with Crippen molar-refractivity contribution in [1.29, 1.82) is 0 Å². The lowest BCUT2D eigenvalue weighted by molar-refractivity contribution is 0.173. The maximum Gasteiger partial charge on any atom is 0.340 e. The van der Waals surface area contributed by atoms with E-state index < -0.39 is 8.56 Å². The van der Waals surface area contributed by atoms with E-state index in [1.807, 2.05) is 18.2 Å². The Morgan fingerprint density at radius 3 is 2.12 bits per heavy atom. The molecule has 0 aliphatic carbocycles. The molecular weight excluding hydrogens is 216 g/mol. The SMILES string of the molecule is CO[Si](C)(OCc1ccccc1)C(C)(C)C. The lowest BCUT2D eigenvalue weighted by Gasteiger charge is -2.36. The Kier molecular flexibility index (Phi) is 4.30. The van der Waals surface area contributed by atoms with Crippen molar-refractivity contribution >= 4 is 8.56 Å². The minimum absolute atomic E-state index is 0.0799. The monoisotopic (exact) mass is 238 g/mol. The molecule has 90 valence electrons. The second kappa shape index (κ2) is 5.12. The summed E-state index contributed by atoms with van der Waals surface area (Å²) in [6.07, 6.45) is 0. The largest absolute Gasteiger partial charge is 0.397 e. The zero-order chi connectivity index (χ0) is 12.2. The first-order chi connectivity index (χ1) is 7.39. The maximum atomic E-state index is 6.05. The molecule has 1 rings (SSSR count). The number of benzene rings is 1. The van der Waals surface area contributed by atoms with Crippen LogP contribution >= 0.6 is 0 Å². The Hall–Kier alpha value is -0.643. The van der Waals surface area contributed by atoms with E-state index in [-0.39, 0.29) is 5.04 Å². The molecule has 0 N–H and O–H groups in total.